The van der Waals surface area contributed by atoms with E-state index in [1.807, 2.05) is 24.3 Å². The predicted molar refractivity (Wildman–Crippen MR) is 60.2 cm³/mol. The van der Waals surface area contributed by atoms with Gasteiger partial charge >= 0.3 is 7.12 Å². The molecule has 2 nitrogen and oxygen atoms in total. The minimum Gasteiger partial charge on any atom is -0.523 e. The first-order valence-corrected chi connectivity index (χ1v) is 5.51. The number of fused-ring (bicyclic) bond motifs is 1. The minimum absolute atomic E-state index is 0.0765. The molecule has 0 spiro atoms. The molecule has 1 aliphatic heterocycles. The zero-order valence-corrected chi connectivity index (χ0v) is 8.56. The zero-order chi connectivity index (χ0) is 10.1. The van der Waals surface area contributed by atoms with Gasteiger partial charge in [-0.05, 0) is 31.4 Å². The third-order valence-electron chi connectivity index (χ3n) is 3.03. The molecule has 0 amide bonds. The van der Waals surface area contributed by atoms with Crippen molar-refractivity contribution in [3.63, 3.8) is 0 Å². The monoisotopic (exact) mass is 200 g/mol. The van der Waals surface area contributed by atoms with Crippen molar-refractivity contribution < 1.29 is 9.31 Å². The molecule has 0 bridgehead atoms. The summed E-state index contributed by atoms with van der Waals surface area (Å²) in [5.41, 5.74) is 0. The molecule has 0 radical (unpaired) electrons. The molecule has 3 heteroatoms. The number of para-hydroxylation sites is 2. The van der Waals surface area contributed by atoms with E-state index in [4.69, 9.17) is 9.31 Å². The van der Waals surface area contributed by atoms with Crippen LogP contribution in [0.15, 0.2) is 36.4 Å². The maximum absolute atomic E-state index is 5.79. The van der Waals surface area contributed by atoms with Gasteiger partial charge in [0.1, 0.15) is 11.5 Å². The largest absolute Gasteiger partial charge is 0.598 e. The van der Waals surface area contributed by atoms with Gasteiger partial charge in [0.05, 0.1) is 0 Å². The normalized spacial score (nSPS) is 23.2. The lowest BCUT2D eigenvalue weighted by molar-refractivity contribution is 0.457. The summed E-state index contributed by atoms with van der Waals surface area (Å²) in [6, 6.07) is 7.89. The quantitative estimate of drug-likeness (QED) is 0.512. The number of hydrogen-bond acceptors (Lipinski definition) is 2. The van der Waals surface area contributed by atoms with E-state index in [0.29, 0.717) is 5.82 Å². The molecule has 1 heterocycles. The van der Waals surface area contributed by atoms with Crippen LogP contribution in [0, 0.1) is 0 Å². The highest BCUT2D eigenvalue weighted by Gasteiger charge is 2.39. The van der Waals surface area contributed by atoms with Gasteiger partial charge in [0.15, 0.2) is 0 Å². The highest BCUT2D eigenvalue weighted by molar-refractivity contribution is 6.49. The number of hydrogen-bond donors (Lipinski definition) is 0. The maximum Gasteiger partial charge on any atom is 0.598 e. The predicted octanol–water partition coefficient (Wildman–Crippen LogP) is 3.06. The van der Waals surface area contributed by atoms with E-state index in [1.165, 1.54) is 0 Å². The molecule has 15 heavy (non-hydrogen) atoms. The van der Waals surface area contributed by atoms with Gasteiger partial charge in [0, 0.05) is 5.82 Å². The number of benzene rings is 1. The number of rotatable bonds is 1. The van der Waals surface area contributed by atoms with Crippen LogP contribution in [0.2, 0.25) is 5.82 Å². The van der Waals surface area contributed by atoms with Crippen LogP contribution in [0.4, 0.5) is 0 Å². The van der Waals surface area contributed by atoms with Crippen molar-refractivity contribution in [1.82, 2.24) is 0 Å². The molecule has 1 aromatic rings. The zero-order valence-electron chi connectivity index (χ0n) is 8.56. The summed E-state index contributed by atoms with van der Waals surface area (Å²) in [5, 5.41) is 0. The van der Waals surface area contributed by atoms with Crippen molar-refractivity contribution >= 4 is 7.12 Å². The highest BCUT2D eigenvalue weighted by Crippen LogP contribution is 2.38. The van der Waals surface area contributed by atoms with Crippen molar-refractivity contribution in [2.45, 2.75) is 25.1 Å². The minimum atomic E-state index is -0.0765. The van der Waals surface area contributed by atoms with Crippen molar-refractivity contribution in [2.75, 3.05) is 0 Å². The highest BCUT2D eigenvalue weighted by atomic mass is 16.6. The van der Waals surface area contributed by atoms with Crippen LogP contribution in [-0.2, 0) is 0 Å². The Hall–Kier alpha value is -1.38. The van der Waals surface area contributed by atoms with Crippen LogP contribution in [0.5, 0.6) is 11.5 Å². The van der Waals surface area contributed by atoms with E-state index >= 15 is 0 Å². The van der Waals surface area contributed by atoms with Crippen molar-refractivity contribution in [3.8, 4) is 11.5 Å². The Balaban J connectivity index is 1.75. The number of allylic oxidation sites excluding steroid dienone is 2. The van der Waals surface area contributed by atoms with Crippen molar-refractivity contribution in [1.29, 1.82) is 0 Å². The Bertz CT molecular complexity index is 364. The summed E-state index contributed by atoms with van der Waals surface area (Å²) in [5.74, 6) is 2.27. The molecule has 0 fully saturated rings. The van der Waals surface area contributed by atoms with Gasteiger partial charge in [-0.15, -0.1) is 0 Å². The fourth-order valence-corrected chi connectivity index (χ4v) is 2.18. The third-order valence-corrected chi connectivity index (χ3v) is 3.03. The summed E-state index contributed by atoms with van der Waals surface area (Å²) < 4.78 is 11.6. The first kappa shape index (κ1) is 8.90. The van der Waals surface area contributed by atoms with E-state index in [0.717, 1.165) is 30.8 Å². The second-order valence-electron chi connectivity index (χ2n) is 4.10. The van der Waals surface area contributed by atoms with Gasteiger partial charge in [0.2, 0.25) is 0 Å². The second kappa shape index (κ2) is 3.65. The molecule has 0 saturated carbocycles. The standard InChI is InChI=1S/C12H13BO2/c1-2-6-10(7-3-1)13-14-11-8-4-5-9-12(11)15-13/h1-2,4-5,8-10H,3,6-7H2. The van der Waals surface area contributed by atoms with Gasteiger partial charge in [0.25, 0.3) is 0 Å². The molecular formula is C12H13BO2. The fraction of sp³-hybridized carbons (Fsp3) is 0.333. The first-order valence-electron chi connectivity index (χ1n) is 5.51. The lowest BCUT2D eigenvalue weighted by Gasteiger charge is -2.18. The van der Waals surface area contributed by atoms with Crippen LogP contribution in [0.1, 0.15) is 19.3 Å². The Morgan fingerprint density at radius 1 is 1.07 bits per heavy atom. The average molecular weight is 200 g/mol. The molecule has 1 unspecified atom stereocenters. The summed E-state index contributed by atoms with van der Waals surface area (Å²) >= 11 is 0. The van der Waals surface area contributed by atoms with Gasteiger partial charge in [-0.1, -0.05) is 24.3 Å². The van der Waals surface area contributed by atoms with Crippen molar-refractivity contribution in [2.24, 2.45) is 0 Å². The molecule has 3 rings (SSSR count). The van der Waals surface area contributed by atoms with Gasteiger partial charge in [-0.25, -0.2) is 0 Å². The van der Waals surface area contributed by atoms with E-state index in [2.05, 4.69) is 12.2 Å². The third kappa shape index (κ3) is 1.62. The van der Waals surface area contributed by atoms with E-state index in [9.17, 15) is 0 Å². The Labute approximate surface area is 90.0 Å². The molecule has 76 valence electrons. The van der Waals surface area contributed by atoms with Gasteiger partial charge < -0.3 is 9.31 Å². The molecule has 1 aromatic carbocycles. The molecule has 2 aliphatic rings. The van der Waals surface area contributed by atoms with Crippen LogP contribution in [-0.4, -0.2) is 7.12 Å². The summed E-state index contributed by atoms with van der Waals surface area (Å²) in [7, 11) is -0.0765. The summed E-state index contributed by atoms with van der Waals surface area (Å²) in [6.07, 6.45) is 7.83. The Morgan fingerprint density at radius 2 is 1.80 bits per heavy atom. The van der Waals surface area contributed by atoms with Crippen LogP contribution in [0.3, 0.4) is 0 Å². The summed E-state index contributed by atoms with van der Waals surface area (Å²) in [4.78, 5) is 0. The fourth-order valence-electron chi connectivity index (χ4n) is 2.18. The SMILES string of the molecule is C1=CCC(B2Oc3ccccc3O2)CC1. The first-order chi connectivity index (χ1) is 7.43. The van der Waals surface area contributed by atoms with E-state index < -0.39 is 0 Å². The molecule has 1 atom stereocenters. The van der Waals surface area contributed by atoms with Gasteiger partial charge in [-0.2, -0.15) is 0 Å². The molecule has 0 N–H and O–H groups in total. The topological polar surface area (TPSA) is 18.5 Å². The molecule has 0 saturated heterocycles. The van der Waals surface area contributed by atoms with Crippen molar-refractivity contribution in [3.05, 3.63) is 36.4 Å². The Morgan fingerprint density at radius 3 is 2.40 bits per heavy atom. The smallest absolute Gasteiger partial charge is 0.523 e. The second-order valence-corrected chi connectivity index (χ2v) is 4.10. The van der Waals surface area contributed by atoms with Crippen LogP contribution >= 0.6 is 0 Å². The van der Waals surface area contributed by atoms with Gasteiger partial charge in [-0.3, -0.25) is 0 Å². The average Bonchev–Trinajstić information content (AvgIpc) is 2.74. The van der Waals surface area contributed by atoms with Crippen LogP contribution < -0.4 is 9.31 Å². The lowest BCUT2D eigenvalue weighted by atomic mass is 9.66. The summed E-state index contributed by atoms with van der Waals surface area (Å²) in [6.45, 7) is 0. The lowest BCUT2D eigenvalue weighted by Crippen LogP contribution is -2.31. The molecule has 0 aromatic heterocycles. The van der Waals surface area contributed by atoms with Crippen LogP contribution in [0.25, 0.3) is 0 Å². The molecular weight excluding hydrogens is 187 g/mol. The maximum atomic E-state index is 5.79. The Kier molecular flexibility index (Phi) is 2.16. The molecule has 1 aliphatic carbocycles. The van der Waals surface area contributed by atoms with E-state index in [1.54, 1.807) is 0 Å². The van der Waals surface area contributed by atoms with E-state index in [-0.39, 0.29) is 7.12 Å².